The third-order valence-electron chi connectivity index (χ3n) is 4.51. The fourth-order valence-corrected chi connectivity index (χ4v) is 3.14. The van der Waals surface area contributed by atoms with Crippen LogP contribution in [-0.4, -0.2) is 43.2 Å². The molecule has 6 heteroatoms. The molecule has 4 nitrogen and oxygen atoms in total. The van der Waals surface area contributed by atoms with Gasteiger partial charge in [-0.3, -0.25) is 9.88 Å². The number of piperidine rings is 1. The Balaban J connectivity index is 0.00000242. The van der Waals surface area contributed by atoms with Crippen LogP contribution in [0.2, 0.25) is 0 Å². The van der Waals surface area contributed by atoms with Crippen LogP contribution in [0.15, 0.2) is 6.20 Å². The Labute approximate surface area is 153 Å². The van der Waals surface area contributed by atoms with Crippen LogP contribution >= 0.6 is 24.8 Å². The Hall–Kier alpha value is -0.550. The Bertz CT molecular complexity index is 463. The van der Waals surface area contributed by atoms with E-state index in [4.69, 9.17) is 4.74 Å². The molecule has 1 fully saturated rings. The van der Waals surface area contributed by atoms with E-state index in [-0.39, 0.29) is 24.8 Å². The van der Waals surface area contributed by atoms with Gasteiger partial charge in [-0.25, -0.2) is 0 Å². The van der Waals surface area contributed by atoms with Crippen molar-refractivity contribution >= 4 is 24.8 Å². The number of methoxy groups -OCH3 is 1. The van der Waals surface area contributed by atoms with Gasteiger partial charge in [-0.2, -0.15) is 0 Å². The largest absolute Gasteiger partial charge is 0.496 e. The Morgan fingerprint density at radius 3 is 2.48 bits per heavy atom. The van der Waals surface area contributed by atoms with Crippen LogP contribution in [0.1, 0.15) is 36.6 Å². The smallest absolute Gasteiger partial charge is 0.128 e. The Morgan fingerprint density at radius 2 is 1.91 bits per heavy atom. The summed E-state index contributed by atoms with van der Waals surface area (Å²) < 4.78 is 5.50. The quantitative estimate of drug-likeness (QED) is 0.840. The maximum absolute atomic E-state index is 5.50. The molecule has 1 aliphatic heterocycles. The fourth-order valence-electron chi connectivity index (χ4n) is 3.14. The van der Waals surface area contributed by atoms with E-state index in [0.717, 1.165) is 36.0 Å². The van der Waals surface area contributed by atoms with Crippen molar-refractivity contribution in [3.05, 3.63) is 23.0 Å². The van der Waals surface area contributed by atoms with E-state index < -0.39 is 0 Å². The third-order valence-corrected chi connectivity index (χ3v) is 4.51. The fraction of sp³-hybridized carbons (Fsp3) is 0.706. The summed E-state index contributed by atoms with van der Waals surface area (Å²) in [6.45, 7) is 11.9. The average molecular weight is 364 g/mol. The number of hydrogen-bond acceptors (Lipinski definition) is 4. The third kappa shape index (κ3) is 6.11. The molecule has 0 aliphatic carbocycles. The van der Waals surface area contributed by atoms with Gasteiger partial charge in [-0.05, 0) is 58.8 Å². The molecule has 0 radical (unpaired) electrons. The first kappa shape index (κ1) is 22.4. The first-order valence-corrected chi connectivity index (χ1v) is 8.07. The van der Waals surface area contributed by atoms with Gasteiger partial charge in [0.2, 0.25) is 0 Å². The lowest BCUT2D eigenvalue weighted by Gasteiger charge is -2.32. The van der Waals surface area contributed by atoms with E-state index in [9.17, 15) is 0 Å². The lowest BCUT2D eigenvalue weighted by atomic mass is 9.96. The zero-order chi connectivity index (χ0) is 15.2. The summed E-state index contributed by atoms with van der Waals surface area (Å²) in [6, 6.07) is 0. The Kier molecular flexibility index (Phi) is 10.8. The molecule has 0 unspecified atom stereocenters. The highest BCUT2D eigenvalue weighted by molar-refractivity contribution is 5.85. The number of aryl methyl sites for hydroxylation is 1. The second-order valence-electron chi connectivity index (χ2n) is 6.07. The number of likely N-dealkylation sites (tertiary alicyclic amines) is 1. The SMILES string of the molecule is CCNCC1CCN(Cc2ncc(C)c(OC)c2C)CC1.Cl.Cl. The number of halogens is 2. The highest BCUT2D eigenvalue weighted by Gasteiger charge is 2.20. The molecule has 2 heterocycles. The predicted molar refractivity (Wildman–Crippen MR) is 101 cm³/mol. The summed E-state index contributed by atoms with van der Waals surface area (Å²) in [5.41, 5.74) is 3.46. The molecule has 1 aromatic rings. The standard InChI is InChI=1S/C17H29N3O.2ClH/c1-5-18-11-15-6-8-20(9-7-15)12-16-14(3)17(21-4)13(2)10-19-16;;/h10,15,18H,5-9,11-12H2,1-4H3;2*1H. The average Bonchev–Trinajstić information content (AvgIpc) is 2.50. The number of rotatable bonds is 6. The van der Waals surface area contributed by atoms with Gasteiger partial charge in [0.15, 0.2) is 0 Å². The molecule has 0 saturated carbocycles. The van der Waals surface area contributed by atoms with Gasteiger partial charge in [-0.15, -0.1) is 24.8 Å². The molecule has 0 aromatic carbocycles. The van der Waals surface area contributed by atoms with E-state index >= 15 is 0 Å². The van der Waals surface area contributed by atoms with Gasteiger partial charge in [-0.1, -0.05) is 6.92 Å². The van der Waals surface area contributed by atoms with Gasteiger partial charge >= 0.3 is 0 Å². The number of hydrogen-bond donors (Lipinski definition) is 1. The van der Waals surface area contributed by atoms with Crippen LogP contribution < -0.4 is 10.1 Å². The summed E-state index contributed by atoms with van der Waals surface area (Å²) >= 11 is 0. The van der Waals surface area contributed by atoms with E-state index in [0.29, 0.717) is 0 Å². The summed E-state index contributed by atoms with van der Waals surface area (Å²) in [6.07, 6.45) is 4.50. The van der Waals surface area contributed by atoms with Crippen LogP contribution in [0.5, 0.6) is 5.75 Å². The maximum Gasteiger partial charge on any atom is 0.128 e. The Morgan fingerprint density at radius 1 is 1.26 bits per heavy atom. The van der Waals surface area contributed by atoms with Crippen LogP contribution in [0, 0.1) is 19.8 Å². The van der Waals surface area contributed by atoms with Crippen LogP contribution in [0.3, 0.4) is 0 Å². The number of pyridine rings is 1. The minimum Gasteiger partial charge on any atom is -0.496 e. The van der Waals surface area contributed by atoms with Crippen molar-refractivity contribution in [3.63, 3.8) is 0 Å². The molecule has 0 spiro atoms. The lowest BCUT2D eigenvalue weighted by molar-refractivity contribution is 0.173. The van der Waals surface area contributed by atoms with E-state index in [1.165, 1.54) is 38.0 Å². The van der Waals surface area contributed by atoms with Crippen molar-refractivity contribution in [2.75, 3.05) is 33.3 Å². The summed E-state index contributed by atoms with van der Waals surface area (Å²) in [7, 11) is 1.74. The number of nitrogens with one attached hydrogen (secondary N) is 1. The van der Waals surface area contributed by atoms with Crippen LogP contribution in [0.25, 0.3) is 0 Å². The number of aromatic nitrogens is 1. The summed E-state index contributed by atoms with van der Waals surface area (Å²) in [5, 5.41) is 3.47. The lowest BCUT2D eigenvalue weighted by Crippen LogP contribution is -2.37. The van der Waals surface area contributed by atoms with Crippen molar-refractivity contribution in [1.29, 1.82) is 0 Å². The molecular weight excluding hydrogens is 333 g/mol. The second-order valence-corrected chi connectivity index (χ2v) is 6.07. The molecular formula is C17H31Cl2N3O. The van der Waals surface area contributed by atoms with Crippen molar-refractivity contribution in [3.8, 4) is 5.75 Å². The predicted octanol–water partition coefficient (Wildman–Crippen LogP) is 3.37. The topological polar surface area (TPSA) is 37.4 Å². The van der Waals surface area contributed by atoms with Crippen molar-refractivity contribution in [2.45, 2.75) is 40.2 Å². The second kappa shape index (κ2) is 11.1. The number of nitrogens with zero attached hydrogens (tertiary/aromatic N) is 2. The molecule has 1 saturated heterocycles. The molecule has 0 bridgehead atoms. The van der Waals surface area contributed by atoms with E-state index in [1.54, 1.807) is 7.11 Å². The molecule has 0 amide bonds. The minimum atomic E-state index is 0. The molecule has 1 N–H and O–H groups in total. The first-order chi connectivity index (χ1) is 10.2. The molecule has 134 valence electrons. The number of ether oxygens (including phenoxy) is 1. The van der Waals surface area contributed by atoms with Gasteiger partial charge in [0.25, 0.3) is 0 Å². The first-order valence-electron chi connectivity index (χ1n) is 8.07. The molecule has 23 heavy (non-hydrogen) atoms. The summed E-state index contributed by atoms with van der Waals surface area (Å²) in [5.74, 6) is 1.82. The van der Waals surface area contributed by atoms with Gasteiger partial charge in [0, 0.05) is 23.9 Å². The summed E-state index contributed by atoms with van der Waals surface area (Å²) in [4.78, 5) is 7.14. The van der Waals surface area contributed by atoms with Crippen LogP contribution in [-0.2, 0) is 6.54 Å². The van der Waals surface area contributed by atoms with Crippen LogP contribution in [0.4, 0.5) is 0 Å². The highest BCUT2D eigenvalue weighted by atomic mass is 35.5. The van der Waals surface area contributed by atoms with E-state index in [2.05, 4.69) is 36.0 Å². The zero-order valence-corrected chi connectivity index (χ0v) is 16.4. The molecule has 1 aromatic heterocycles. The van der Waals surface area contributed by atoms with Gasteiger partial charge < -0.3 is 10.1 Å². The molecule has 1 aliphatic rings. The maximum atomic E-state index is 5.50. The van der Waals surface area contributed by atoms with Gasteiger partial charge in [0.1, 0.15) is 5.75 Å². The normalized spacial score (nSPS) is 15.7. The van der Waals surface area contributed by atoms with Crippen molar-refractivity contribution in [1.82, 2.24) is 15.2 Å². The van der Waals surface area contributed by atoms with Gasteiger partial charge in [0.05, 0.1) is 12.8 Å². The minimum absolute atomic E-state index is 0. The molecule has 2 rings (SSSR count). The monoisotopic (exact) mass is 363 g/mol. The molecule has 0 atom stereocenters. The highest BCUT2D eigenvalue weighted by Crippen LogP contribution is 2.26. The zero-order valence-electron chi connectivity index (χ0n) is 14.7. The van der Waals surface area contributed by atoms with Crippen molar-refractivity contribution < 1.29 is 4.74 Å². The van der Waals surface area contributed by atoms with Crippen molar-refractivity contribution in [2.24, 2.45) is 5.92 Å². The van der Waals surface area contributed by atoms with E-state index in [1.807, 2.05) is 6.20 Å².